The van der Waals surface area contributed by atoms with Crippen molar-refractivity contribution in [3.05, 3.63) is 16.7 Å². The van der Waals surface area contributed by atoms with E-state index in [9.17, 15) is 4.79 Å². The van der Waals surface area contributed by atoms with Gasteiger partial charge < -0.3 is 16.4 Å². The zero-order chi connectivity index (χ0) is 11.0. The number of nitrogens with zero attached hydrogens (tertiary/aromatic N) is 2. The molecular formula is C9H11BrN4O. The van der Waals surface area contributed by atoms with Crippen LogP contribution in [0.4, 0.5) is 11.5 Å². The molecule has 5 nitrogen and oxygen atoms in total. The molecular weight excluding hydrogens is 260 g/mol. The lowest BCUT2D eigenvalue weighted by Gasteiger charge is -2.17. The molecule has 6 heteroatoms. The van der Waals surface area contributed by atoms with Gasteiger partial charge in [-0.25, -0.2) is 4.98 Å². The van der Waals surface area contributed by atoms with Crippen molar-refractivity contribution < 1.29 is 4.79 Å². The lowest BCUT2D eigenvalue weighted by molar-refractivity contribution is -0.117. The molecule has 15 heavy (non-hydrogen) atoms. The van der Waals surface area contributed by atoms with E-state index in [1.54, 1.807) is 17.0 Å². The largest absolute Gasteiger partial charge is 0.382 e. The fourth-order valence-corrected chi connectivity index (χ4v) is 1.96. The molecule has 1 unspecified atom stereocenters. The van der Waals surface area contributed by atoms with Crippen molar-refractivity contribution in [3.8, 4) is 0 Å². The zero-order valence-corrected chi connectivity index (χ0v) is 9.57. The predicted octanol–water partition coefficient (Wildman–Crippen LogP) is 0.490. The van der Waals surface area contributed by atoms with Crippen LogP contribution in [0.1, 0.15) is 6.42 Å². The highest BCUT2D eigenvalue weighted by molar-refractivity contribution is 9.10. The fourth-order valence-electron chi connectivity index (χ4n) is 1.64. The van der Waals surface area contributed by atoms with E-state index in [0.717, 1.165) is 0 Å². The summed E-state index contributed by atoms with van der Waals surface area (Å²) < 4.78 is 0.652. The first-order valence-corrected chi connectivity index (χ1v) is 5.35. The Labute approximate surface area is 95.6 Å². The molecule has 0 spiro atoms. The third-order valence-corrected chi connectivity index (χ3v) is 2.76. The first-order valence-electron chi connectivity index (χ1n) is 4.56. The van der Waals surface area contributed by atoms with E-state index in [4.69, 9.17) is 11.5 Å². The summed E-state index contributed by atoms with van der Waals surface area (Å²) in [6.07, 6.45) is 0.371. The van der Waals surface area contributed by atoms with Crippen molar-refractivity contribution in [1.82, 2.24) is 4.98 Å². The molecule has 0 radical (unpaired) electrons. The summed E-state index contributed by atoms with van der Waals surface area (Å²) in [5.74, 6) is 0.338. The van der Waals surface area contributed by atoms with Crippen molar-refractivity contribution >= 4 is 33.3 Å². The third kappa shape index (κ3) is 1.95. The predicted molar refractivity (Wildman–Crippen MR) is 61.3 cm³/mol. The Morgan fingerprint density at radius 1 is 1.53 bits per heavy atom. The molecule has 1 saturated heterocycles. The van der Waals surface area contributed by atoms with Crippen molar-refractivity contribution in [1.29, 1.82) is 0 Å². The smallest absolute Gasteiger partial charge is 0.228 e. The molecule has 1 aromatic heterocycles. The number of nitrogen functional groups attached to an aromatic ring is 1. The molecule has 0 aliphatic carbocycles. The number of hydrogen-bond acceptors (Lipinski definition) is 4. The highest BCUT2D eigenvalue weighted by Crippen LogP contribution is 2.27. The van der Waals surface area contributed by atoms with E-state index >= 15 is 0 Å². The topological polar surface area (TPSA) is 85.2 Å². The van der Waals surface area contributed by atoms with Crippen molar-refractivity contribution in [3.63, 3.8) is 0 Å². The minimum Gasteiger partial charge on any atom is -0.382 e. The van der Waals surface area contributed by atoms with E-state index in [0.29, 0.717) is 29.1 Å². The Morgan fingerprint density at radius 3 is 2.80 bits per heavy atom. The van der Waals surface area contributed by atoms with Crippen molar-refractivity contribution in [2.75, 3.05) is 17.2 Å². The van der Waals surface area contributed by atoms with Gasteiger partial charge in [-0.1, -0.05) is 0 Å². The molecule has 0 saturated carbocycles. The summed E-state index contributed by atoms with van der Waals surface area (Å²) in [6.45, 7) is 0.506. The molecule has 1 fully saturated rings. The second-order valence-electron chi connectivity index (χ2n) is 3.51. The van der Waals surface area contributed by atoms with Crippen LogP contribution < -0.4 is 16.4 Å². The number of amides is 1. The van der Waals surface area contributed by atoms with Gasteiger partial charge in [-0.3, -0.25) is 4.79 Å². The molecule has 0 bridgehead atoms. The lowest BCUT2D eigenvalue weighted by atomic mass is 10.3. The first-order chi connectivity index (χ1) is 7.08. The Kier molecular flexibility index (Phi) is 2.62. The number of pyridine rings is 1. The standard InChI is InChI=1S/C9H11BrN4O/c10-7-2-1-6(9(12)13-7)14-4-5(11)3-8(14)15/h1-2,5H,3-4,11H2,(H2,12,13). The third-order valence-electron chi connectivity index (χ3n) is 2.31. The molecule has 1 amide bonds. The van der Waals surface area contributed by atoms with E-state index in [-0.39, 0.29) is 11.9 Å². The maximum absolute atomic E-state index is 11.6. The minimum atomic E-state index is -0.111. The van der Waals surface area contributed by atoms with Crippen LogP contribution in [0.25, 0.3) is 0 Å². The normalized spacial score (nSPS) is 21.1. The minimum absolute atomic E-state index is 0.00155. The maximum atomic E-state index is 11.6. The molecule has 1 aromatic rings. The van der Waals surface area contributed by atoms with Crippen LogP contribution in [0.15, 0.2) is 16.7 Å². The molecule has 2 heterocycles. The number of halogens is 1. The second-order valence-corrected chi connectivity index (χ2v) is 4.32. The van der Waals surface area contributed by atoms with E-state index in [1.165, 1.54) is 0 Å². The highest BCUT2D eigenvalue weighted by atomic mass is 79.9. The average Bonchev–Trinajstić information content (AvgIpc) is 2.45. The van der Waals surface area contributed by atoms with Crippen LogP contribution in [-0.4, -0.2) is 23.5 Å². The second kappa shape index (κ2) is 3.79. The van der Waals surface area contributed by atoms with Crippen molar-refractivity contribution in [2.45, 2.75) is 12.5 Å². The van der Waals surface area contributed by atoms with Gasteiger partial charge in [0.15, 0.2) is 0 Å². The molecule has 0 aromatic carbocycles. The van der Waals surface area contributed by atoms with E-state index < -0.39 is 0 Å². The van der Waals surface area contributed by atoms with E-state index in [2.05, 4.69) is 20.9 Å². The SMILES string of the molecule is Nc1nc(Br)ccc1N1CC(N)CC1=O. The van der Waals surface area contributed by atoms with Gasteiger partial charge in [0.25, 0.3) is 0 Å². The quantitative estimate of drug-likeness (QED) is 0.728. The van der Waals surface area contributed by atoms with Gasteiger partial charge in [0.2, 0.25) is 5.91 Å². The lowest BCUT2D eigenvalue weighted by Crippen LogP contribution is -2.28. The van der Waals surface area contributed by atoms with Crippen LogP contribution in [0, 0.1) is 0 Å². The highest BCUT2D eigenvalue weighted by Gasteiger charge is 2.29. The van der Waals surface area contributed by atoms with Gasteiger partial charge in [-0.05, 0) is 28.1 Å². The molecule has 1 aliphatic heterocycles. The summed E-state index contributed by atoms with van der Waals surface area (Å²) >= 11 is 3.21. The molecule has 2 rings (SSSR count). The first kappa shape index (κ1) is 10.4. The van der Waals surface area contributed by atoms with Crippen LogP contribution in [0.5, 0.6) is 0 Å². The van der Waals surface area contributed by atoms with Gasteiger partial charge >= 0.3 is 0 Å². The summed E-state index contributed by atoms with van der Waals surface area (Å²) in [6, 6.07) is 3.41. The van der Waals surface area contributed by atoms with Crippen LogP contribution in [0.3, 0.4) is 0 Å². The summed E-state index contributed by atoms with van der Waals surface area (Å²) in [4.78, 5) is 17.2. The summed E-state index contributed by atoms with van der Waals surface area (Å²) in [5, 5.41) is 0. The van der Waals surface area contributed by atoms with Gasteiger partial charge in [0.1, 0.15) is 10.4 Å². The number of carbonyl (C=O) groups is 1. The van der Waals surface area contributed by atoms with Gasteiger partial charge in [-0.2, -0.15) is 0 Å². The fraction of sp³-hybridized carbons (Fsp3) is 0.333. The number of nitrogens with two attached hydrogens (primary N) is 2. The molecule has 80 valence electrons. The Bertz CT molecular complexity index is 409. The molecule has 1 atom stereocenters. The monoisotopic (exact) mass is 270 g/mol. The Balaban J connectivity index is 2.34. The molecule has 1 aliphatic rings. The number of carbonyl (C=O) groups excluding carboxylic acids is 1. The Morgan fingerprint density at radius 2 is 2.27 bits per heavy atom. The zero-order valence-electron chi connectivity index (χ0n) is 7.98. The maximum Gasteiger partial charge on any atom is 0.228 e. The number of rotatable bonds is 1. The summed E-state index contributed by atoms with van der Waals surface area (Å²) in [5.41, 5.74) is 12.1. The molecule has 4 N–H and O–H groups in total. The van der Waals surface area contributed by atoms with Gasteiger partial charge in [0.05, 0.1) is 5.69 Å². The van der Waals surface area contributed by atoms with Gasteiger partial charge in [-0.15, -0.1) is 0 Å². The van der Waals surface area contributed by atoms with Crippen LogP contribution >= 0.6 is 15.9 Å². The van der Waals surface area contributed by atoms with Crippen molar-refractivity contribution in [2.24, 2.45) is 5.73 Å². The number of anilines is 2. The number of aromatic nitrogens is 1. The average molecular weight is 271 g/mol. The van der Waals surface area contributed by atoms with Gasteiger partial charge in [0, 0.05) is 19.0 Å². The van der Waals surface area contributed by atoms with E-state index in [1.807, 2.05) is 0 Å². The summed E-state index contributed by atoms with van der Waals surface area (Å²) in [7, 11) is 0. The Hall–Kier alpha value is -1.14. The van der Waals surface area contributed by atoms with Crippen LogP contribution in [-0.2, 0) is 4.79 Å². The number of hydrogen-bond donors (Lipinski definition) is 2. The van der Waals surface area contributed by atoms with Crippen LogP contribution in [0.2, 0.25) is 0 Å².